The van der Waals surface area contributed by atoms with Crippen LogP contribution in [0, 0.1) is 5.41 Å². The van der Waals surface area contributed by atoms with Crippen molar-refractivity contribution >= 4 is 6.08 Å². The minimum Gasteiger partial charge on any atom is -0.452 e. The number of oxazole rings is 1. The first-order chi connectivity index (χ1) is 3.91. The van der Waals surface area contributed by atoms with Crippen LogP contribution in [-0.4, -0.2) is 11.1 Å². The van der Waals surface area contributed by atoms with Crippen molar-refractivity contribution < 1.29 is 9.21 Å². The van der Waals surface area contributed by atoms with Gasteiger partial charge in [0, 0.05) is 0 Å². The van der Waals surface area contributed by atoms with Gasteiger partial charge < -0.3 is 4.42 Å². The van der Waals surface area contributed by atoms with Crippen LogP contribution in [0.5, 0.6) is 0 Å². The lowest BCUT2D eigenvalue weighted by Gasteiger charge is -1.47. The van der Waals surface area contributed by atoms with E-state index in [2.05, 4.69) is 9.40 Å². The van der Waals surface area contributed by atoms with Crippen molar-refractivity contribution in [3.8, 4) is 0 Å². The van der Waals surface area contributed by atoms with Crippen LogP contribution in [0.2, 0.25) is 0 Å². The Morgan fingerprint density at radius 1 is 1.75 bits per heavy atom. The van der Waals surface area contributed by atoms with Crippen molar-refractivity contribution in [1.82, 2.24) is 4.98 Å². The van der Waals surface area contributed by atoms with E-state index < -0.39 is 0 Å². The van der Waals surface area contributed by atoms with E-state index in [0.717, 1.165) is 6.08 Å². The Morgan fingerprint density at radius 3 is 2.50 bits per heavy atom. The molecular formula is C4H4N2O2. The maximum Gasteiger partial charge on any atom is 0.231 e. The molecule has 1 N–H and O–H groups in total. The minimum atomic E-state index is 0.750. The number of carbonyl (C=O) groups excluding carboxylic acids is 1. The summed E-state index contributed by atoms with van der Waals surface area (Å²) in [7, 11) is 0. The number of isocyanates is 1. The van der Waals surface area contributed by atoms with Gasteiger partial charge in [-0.25, -0.2) is 15.2 Å². The fourth-order valence-corrected chi connectivity index (χ4v) is 0.176. The van der Waals surface area contributed by atoms with Crippen LogP contribution < -0.4 is 0 Å². The second kappa shape index (κ2) is 5.59. The van der Waals surface area contributed by atoms with Gasteiger partial charge in [0.05, 0.1) is 6.20 Å². The SMILES string of the molecule is N=C=O.c1cocn1. The maximum atomic E-state index is 8.35. The van der Waals surface area contributed by atoms with Crippen LogP contribution in [0.4, 0.5) is 0 Å². The number of nitrogens with zero attached hydrogens (tertiary/aromatic N) is 1. The third-order valence-corrected chi connectivity index (χ3v) is 0.347. The molecule has 0 spiro atoms. The molecule has 0 saturated heterocycles. The van der Waals surface area contributed by atoms with Crippen molar-refractivity contribution in [1.29, 1.82) is 5.41 Å². The molecule has 0 atom stereocenters. The van der Waals surface area contributed by atoms with Gasteiger partial charge in [0.2, 0.25) is 6.08 Å². The van der Waals surface area contributed by atoms with Crippen molar-refractivity contribution in [2.45, 2.75) is 0 Å². The molecule has 4 heteroatoms. The summed E-state index contributed by atoms with van der Waals surface area (Å²) in [5.74, 6) is 0. The molecular weight excluding hydrogens is 108 g/mol. The first-order valence-corrected chi connectivity index (χ1v) is 1.78. The van der Waals surface area contributed by atoms with Gasteiger partial charge in [-0.15, -0.1) is 0 Å². The summed E-state index contributed by atoms with van der Waals surface area (Å²) < 4.78 is 4.47. The van der Waals surface area contributed by atoms with E-state index >= 15 is 0 Å². The molecule has 0 aliphatic heterocycles. The van der Waals surface area contributed by atoms with Gasteiger partial charge >= 0.3 is 0 Å². The summed E-state index contributed by atoms with van der Waals surface area (Å²) in [4.78, 5) is 11.9. The number of rotatable bonds is 0. The molecule has 0 unspecified atom stereocenters. The lowest BCUT2D eigenvalue weighted by atomic mass is 11.0. The summed E-state index contributed by atoms with van der Waals surface area (Å²) in [5, 5.41) is 5.40. The molecule has 0 fully saturated rings. The number of aromatic nitrogens is 1. The first-order valence-electron chi connectivity index (χ1n) is 1.78. The van der Waals surface area contributed by atoms with Crippen molar-refractivity contribution in [3.05, 3.63) is 18.9 Å². The highest BCUT2D eigenvalue weighted by Gasteiger charge is 1.59. The Labute approximate surface area is 45.7 Å². The van der Waals surface area contributed by atoms with Crippen LogP contribution in [0.3, 0.4) is 0 Å². The smallest absolute Gasteiger partial charge is 0.231 e. The quantitative estimate of drug-likeness (QED) is 0.394. The van der Waals surface area contributed by atoms with Gasteiger partial charge in [0.15, 0.2) is 6.39 Å². The molecule has 1 rings (SSSR count). The monoisotopic (exact) mass is 112 g/mol. The topological polar surface area (TPSA) is 67.0 Å². The molecule has 1 aromatic rings. The van der Waals surface area contributed by atoms with E-state index in [1.807, 2.05) is 0 Å². The number of hydrogen-bond donors (Lipinski definition) is 1. The average Bonchev–Trinajstić information content (AvgIpc) is 2.17. The Bertz CT molecular complexity index is 124. The molecule has 0 bridgehead atoms. The normalized spacial score (nSPS) is 6.00. The highest BCUT2D eigenvalue weighted by molar-refractivity contribution is 5.26. The lowest BCUT2D eigenvalue weighted by molar-refractivity contribution is 0.558. The van der Waals surface area contributed by atoms with Gasteiger partial charge in [-0.3, -0.25) is 0 Å². The summed E-state index contributed by atoms with van der Waals surface area (Å²) >= 11 is 0. The second-order valence-corrected chi connectivity index (χ2v) is 0.778. The van der Waals surface area contributed by atoms with E-state index in [4.69, 9.17) is 10.2 Å². The van der Waals surface area contributed by atoms with E-state index in [9.17, 15) is 0 Å². The van der Waals surface area contributed by atoms with Crippen molar-refractivity contribution in [2.75, 3.05) is 0 Å². The fraction of sp³-hybridized carbons (Fsp3) is 0. The van der Waals surface area contributed by atoms with Gasteiger partial charge in [-0.05, 0) is 0 Å². The summed E-state index contributed by atoms with van der Waals surface area (Å²) in [6.07, 6.45) is 5.22. The Balaban J connectivity index is 0.000000145. The van der Waals surface area contributed by atoms with E-state index in [1.54, 1.807) is 6.20 Å². The van der Waals surface area contributed by atoms with Crippen LogP contribution in [-0.2, 0) is 4.79 Å². The maximum absolute atomic E-state index is 8.35. The zero-order chi connectivity index (χ0) is 6.24. The van der Waals surface area contributed by atoms with Gasteiger partial charge in [-0.1, -0.05) is 0 Å². The number of hydrogen-bond acceptors (Lipinski definition) is 4. The number of nitrogens with one attached hydrogen (secondary N) is 1. The summed E-state index contributed by atoms with van der Waals surface area (Å²) in [6.45, 7) is 0. The zero-order valence-electron chi connectivity index (χ0n) is 4.00. The van der Waals surface area contributed by atoms with Crippen LogP contribution in [0.1, 0.15) is 0 Å². The van der Waals surface area contributed by atoms with E-state index in [0.29, 0.717) is 0 Å². The lowest BCUT2D eigenvalue weighted by Crippen LogP contribution is -1.38. The Morgan fingerprint density at radius 2 is 2.38 bits per heavy atom. The highest BCUT2D eigenvalue weighted by Crippen LogP contribution is 1.72. The second-order valence-electron chi connectivity index (χ2n) is 0.778. The first kappa shape index (κ1) is 6.59. The Hall–Kier alpha value is -1.41. The summed E-state index contributed by atoms with van der Waals surface area (Å²) in [6, 6.07) is 0. The average molecular weight is 112 g/mol. The predicted molar refractivity (Wildman–Crippen MR) is 24.9 cm³/mol. The van der Waals surface area contributed by atoms with E-state index in [-0.39, 0.29) is 0 Å². The summed E-state index contributed by atoms with van der Waals surface area (Å²) in [5.41, 5.74) is 0. The highest BCUT2D eigenvalue weighted by atomic mass is 16.3. The van der Waals surface area contributed by atoms with Gasteiger partial charge in [0.1, 0.15) is 6.26 Å². The fourth-order valence-electron chi connectivity index (χ4n) is 0.176. The molecule has 0 aromatic carbocycles. The van der Waals surface area contributed by atoms with Crippen molar-refractivity contribution in [2.24, 2.45) is 0 Å². The molecule has 42 valence electrons. The molecule has 0 aliphatic rings. The molecule has 0 radical (unpaired) electrons. The largest absolute Gasteiger partial charge is 0.452 e. The third kappa shape index (κ3) is 4.59. The molecule has 0 saturated carbocycles. The Kier molecular flexibility index (Phi) is 4.60. The van der Waals surface area contributed by atoms with Crippen LogP contribution in [0.15, 0.2) is 23.3 Å². The third-order valence-electron chi connectivity index (χ3n) is 0.347. The van der Waals surface area contributed by atoms with Gasteiger partial charge in [-0.2, -0.15) is 0 Å². The van der Waals surface area contributed by atoms with Crippen LogP contribution in [0.25, 0.3) is 0 Å². The zero-order valence-corrected chi connectivity index (χ0v) is 4.00. The van der Waals surface area contributed by atoms with Gasteiger partial charge in [0.25, 0.3) is 0 Å². The van der Waals surface area contributed by atoms with Crippen molar-refractivity contribution in [3.63, 3.8) is 0 Å². The standard InChI is InChI=1S/C3H3NO.CHNO/c1-2-5-3-4-1;2-1-3/h1-3H;2H. The molecule has 1 aromatic heterocycles. The molecule has 8 heavy (non-hydrogen) atoms. The predicted octanol–water partition coefficient (Wildman–Crippen LogP) is 0.576. The molecule has 4 nitrogen and oxygen atoms in total. The van der Waals surface area contributed by atoms with E-state index in [1.165, 1.54) is 12.7 Å². The molecule has 0 aliphatic carbocycles. The molecule has 0 amide bonds. The minimum absolute atomic E-state index is 0.750. The van der Waals surface area contributed by atoms with Crippen LogP contribution >= 0.6 is 0 Å². The molecule has 1 heterocycles.